The summed E-state index contributed by atoms with van der Waals surface area (Å²) >= 11 is 3.37. The number of guanidine groups is 1. The molecular formula is C16H23BrN4O. The number of benzene rings is 1. The van der Waals surface area contributed by atoms with Crippen LogP contribution in [0.15, 0.2) is 33.7 Å². The first kappa shape index (κ1) is 16.8. The molecule has 1 aliphatic rings. The predicted molar refractivity (Wildman–Crippen MR) is 93.2 cm³/mol. The monoisotopic (exact) mass is 366 g/mol. The number of halogens is 1. The largest absolute Gasteiger partial charge is 0.357 e. The van der Waals surface area contributed by atoms with Gasteiger partial charge in [-0.15, -0.1) is 0 Å². The number of aliphatic imine (C=N–C) groups is 1. The Hall–Kier alpha value is -1.56. The molecule has 0 atom stereocenters. The van der Waals surface area contributed by atoms with Crippen LogP contribution in [0.25, 0.3) is 0 Å². The molecule has 1 aromatic carbocycles. The van der Waals surface area contributed by atoms with E-state index >= 15 is 0 Å². The molecule has 0 heterocycles. The van der Waals surface area contributed by atoms with Crippen molar-refractivity contribution in [2.24, 2.45) is 4.99 Å². The van der Waals surface area contributed by atoms with Crippen LogP contribution in [0.2, 0.25) is 0 Å². The van der Waals surface area contributed by atoms with Crippen LogP contribution in [-0.2, 0) is 0 Å². The smallest absolute Gasteiger partial charge is 0.251 e. The Morgan fingerprint density at radius 3 is 2.86 bits per heavy atom. The number of nitrogens with one attached hydrogen (secondary N) is 3. The van der Waals surface area contributed by atoms with Crippen molar-refractivity contribution in [1.29, 1.82) is 0 Å². The molecule has 22 heavy (non-hydrogen) atoms. The van der Waals surface area contributed by atoms with Crippen LogP contribution in [-0.4, -0.2) is 37.5 Å². The maximum absolute atomic E-state index is 12.0. The number of amides is 1. The third-order valence-electron chi connectivity index (χ3n) is 3.24. The van der Waals surface area contributed by atoms with E-state index in [1.165, 1.54) is 12.8 Å². The Labute approximate surface area is 140 Å². The number of carbonyl (C=O) groups excluding carboxylic acids is 1. The first-order chi connectivity index (χ1) is 10.7. The zero-order valence-electron chi connectivity index (χ0n) is 12.9. The van der Waals surface area contributed by atoms with Gasteiger partial charge >= 0.3 is 0 Å². The molecule has 1 aromatic rings. The molecule has 1 fully saturated rings. The first-order valence-electron chi connectivity index (χ1n) is 7.77. The number of rotatable bonds is 7. The van der Waals surface area contributed by atoms with E-state index in [4.69, 9.17) is 0 Å². The summed E-state index contributed by atoms with van der Waals surface area (Å²) in [5.41, 5.74) is 0.668. The van der Waals surface area contributed by atoms with Crippen molar-refractivity contribution < 1.29 is 4.79 Å². The fourth-order valence-electron chi connectivity index (χ4n) is 1.94. The number of carbonyl (C=O) groups is 1. The number of hydrogen-bond donors (Lipinski definition) is 3. The highest BCUT2D eigenvalue weighted by Gasteiger charge is 2.21. The van der Waals surface area contributed by atoms with Crippen molar-refractivity contribution in [2.45, 2.75) is 32.2 Å². The fraction of sp³-hybridized carbons (Fsp3) is 0.500. The SMILES string of the molecule is CCNC(=NCCCNC(=O)c1cccc(Br)c1)NC1CC1. The van der Waals surface area contributed by atoms with Gasteiger partial charge in [0.2, 0.25) is 0 Å². The van der Waals surface area contributed by atoms with Crippen molar-refractivity contribution in [2.75, 3.05) is 19.6 Å². The predicted octanol–water partition coefficient (Wildman–Crippen LogP) is 2.29. The lowest BCUT2D eigenvalue weighted by Crippen LogP contribution is -2.38. The second kappa shape index (κ2) is 8.78. The van der Waals surface area contributed by atoms with Crippen molar-refractivity contribution >= 4 is 27.8 Å². The summed E-state index contributed by atoms with van der Waals surface area (Å²) in [7, 11) is 0. The highest BCUT2D eigenvalue weighted by molar-refractivity contribution is 9.10. The second-order valence-corrected chi connectivity index (χ2v) is 6.21. The van der Waals surface area contributed by atoms with E-state index in [9.17, 15) is 4.79 Å². The van der Waals surface area contributed by atoms with Gasteiger partial charge in [0.05, 0.1) is 0 Å². The van der Waals surface area contributed by atoms with Crippen LogP contribution in [0, 0.1) is 0 Å². The van der Waals surface area contributed by atoms with Crippen molar-refractivity contribution in [3.8, 4) is 0 Å². The summed E-state index contributed by atoms with van der Waals surface area (Å²) in [4.78, 5) is 16.5. The van der Waals surface area contributed by atoms with Crippen molar-refractivity contribution in [3.63, 3.8) is 0 Å². The Balaban J connectivity index is 1.68. The summed E-state index contributed by atoms with van der Waals surface area (Å²) in [6.07, 6.45) is 3.28. The molecule has 0 aromatic heterocycles. The van der Waals surface area contributed by atoms with Gasteiger partial charge in [0.25, 0.3) is 5.91 Å². The van der Waals surface area contributed by atoms with Crippen LogP contribution >= 0.6 is 15.9 Å². The molecule has 1 aliphatic carbocycles. The molecule has 2 rings (SSSR count). The highest BCUT2D eigenvalue weighted by atomic mass is 79.9. The van der Waals surface area contributed by atoms with Crippen molar-refractivity contribution in [3.05, 3.63) is 34.3 Å². The average molecular weight is 367 g/mol. The quantitative estimate of drug-likeness (QED) is 0.394. The average Bonchev–Trinajstić information content (AvgIpc) is 3.31. The lowest BCUT2D eigenvalue weighted by atomic mass is 10.2. The zero-order chi connectivity index (χ0) is 15.8. The van der Waals surface area contributed by atoms with Gasteiger partial charge in [-0.2, -0.15) is 0 Å². The molecule has 1 saturated carbocycles. The molecule has 0 unspecified atom stereocenters. The molecular weight excluding hydrogens is 344 g/mol. The van der Waals surface area contributed by atoms with Gasteiger partial charge < -0.3 is 16.0 Å². The Morgan fingerprint density at radius 2 is 2.18 bits per heavy atom. The molecule has 0 radical (unpaired) electrons. The number of nitrogens with zero attached hydrogens (tertiary/aromatic N) is 1. The summed E-state index contributed by atoms with van der Waals surface area (Å²) in [5, 5.41) is 9.52. The lowest BCUT2D eigenvalue weighted by Gasteiger charge is -2.10. The molecule has 0 saturated heterocycles. The molecule has 0 aliphatic heterocycles. The number of hydrogen-bond acceptors (Lipinski definition) is 2. The van der Waals surface area contributed by atoms with Crippen molar-refractivity contribution in [1.82, 2.24) is 16.0 Å². The van der Waals surface area contributed by atoms with Gasteiger partial charge in [-0.3, -0.25) is 9.79 Å². The summed E-state index contributed by atoms with van der Waals surface area (Å²) < 4.78 is 0.909. The lowest BCUT2D eigenvalue weighted by molar-refractivity contribution is 0.0953. The van der Waals surface area contributed by atoms with E-state index in [0.717, 1.165) is 23.4 Å². The van der Waals surface area contributed by atoms with E-state index < -0.39 is 0 Å². The molecule has 0 bridgehead atoms. The van der Waals surface area contributed by atoms with Gasteiger partial charge in [0, 0.05) is 35.7 Å². The van der Waals surface area contributed by atoms with Crippen LogP contribution < -0.4 is 16.0 Å². The summed E-state index contributed by atoms with van der Waals surface area (Å²) in [6.45, 7) is 4.24. The molecule has 1 amide bonds. The topological polar surface area (TPSA) is 65.5 Å². The Kier molecular flexibility index (Phi) is 6.71. The first-order valence-corrected chi connectivity index (χ1v) is 8.57. The summed E-state index contributed by atoms with van der Waals surface area (Å²) in [6, 6.07) is 7.97. The fourth-order valence-corrected chi connectivity index (χ4v) is 2.34. The zero-order valence-corrected chi connectivity index (χ0v) is 14.4. The normalized spacial score (nSPS) is 14.5. The Bertz CT molecular complexity index is 529. The van der Waals surface area contributed by atoms with E-state index in [2.05, 4.69) is 43.8 Å². The van der Waals surface area contributed by atoms with E-state index in [1.54, 1.807) is 6.07 Å². The van der Waals surface area contributed by atoms with Gasteiger partial charge in [0.1, 0.15) is 0 Å². The van der Waals surface area contributed by atoms with Gasteiger partial charge in [-0.05, 0) is 44.4 Å². The van der Waals surface area contributed by atoms with Crippen LogP contribution in [0.3, 0.4) is 0 Å². The minimum atomic E-state index is -0.0479. The van der Waals surface area contributed by atoms with E-state index in [-0.39, 0.29) is 5.91 Å². The minimum Gasteiger partial charge on any atom is -0.357 e. The standard InChI is InChI=1S/C16H23BrN4O/c1-2-18-16(21-14-7-8-14)20-10-4-9-19-15(22)12-5-3-6-13(17)11-12/h3,5-6,11,14H,2,4,7-10H2,1H3,(H,19,22)(H2,18,20,21). The summed E-state index contributed by atoms with van der Waals surface area (Å²) in [5.74, 6) is 0.830. The van der Waals surface area contributed by atoms with Crippen LogP contribution in [0.5, 0.6) is 0 Å². The molecule has 120 valence electrons. The third-order valence-corrected chi connectivity index (χ3v) is 3.73. The highest BCUT2D eigenvalue weighted by Crippen LogP contribution is 2.18. The van der Waals surface area contributed by atoms with E-state index in [1.807, 2.05) is 18.2 Å². The minimum absolute atomic E-state index is 0.0479. The third kappa shape index (κ3) is 6.05. The van der Waals surface area contributed by atoms with Gasteiger partial charge in [-0.25, -0.2) is 0 Å². The second-order valence-electron chi connectivity index (χ2n) is 5.30. The molecule has 3 N–H and O–H groups in total. The molecule has 5 nitrogen and oxygen atoms in total. The maximum Gasteiger partial charge on any atom is 0.251 e. The Morgan fingerprint density at radius 1 is 1.36 bits per heavy atom. The van der Waals surface area contributed by atoms with Gasteiger partial charge in [0.15, 0.2) is 5.96 Å². The molecule has 0 spiro atoms. The molecule has 6 heteroatoms. The maximum atomic E-state index is 12.0. The van der Waals surface area contributed by atoms with E-state index in [0.29, 0.717) is 24.7 Å². The van der Waals surface area contributed by atoms with Crippen LogP contribution in [0.4, 0.5) is 0 Å². The van der Waals surface area contributed by atoms with Crippen LogP contribution in [0.1, 0.15) is 36.5 Å². The van der Waals surface area contributed by atoms with Gasteiger partial charge in [-0.1, -0.05) is 22.0 Å².